The Morgan fingerprint density at radius 3 is 2.40 bits per heavy atom. The summed E-state index contributed by atoms with van der Waals surface area (Å²) in [6.45, 7) is 5.98. The van der Waals surface area contributed by atoms with Gasteiger partial charge in [-0.1, -0.05) is 12.8 Å². The summed E-state index contributed by atoms with van der Waals surface area (Å²) in [7, 11) is -3.84. The summed E-state index contributed by atoms with van der Waals surface area (Å²) in [5.74, 6) is -0.120. The predicted octanol–water partition coefficient (Wildman–Crippen LogP) is 2.30. The van der Waals surface area contributed by atoms with Crippen molar-refractivity contribution in [3.8, 4) is 5.75 Å². The molecule has 25 heavy (non-hydrogen) atoms. The second-order valence-corrected chi connectivity index (χ2v) is 9.03. The van der Waals surface area contributed by atoms with Crippen LogP contribution in [0.2, 0.25) is 0 Å². The first-order valence-electron chi connectivity index (χ1n) is 8.40. The summed E-state index contributed by atoms with van der Waals surface area (Å²) in [6, 6.07) is 5.28. The molecule has 2 rings (SSSR count). The van der Waals surface area contributed by atoms with E-state index >= 15 is 0 Å². The smallest absolute Gasteiger partial charge is 0.261 e. The van der Waals surface area contributed by atoms with Crippen LogP contribution in [0.5, 0.6) is 5.75 Å². The Labute approximate surface area is 149 Å². The molecule has 1 amide bonds. The normalized spacial score (nSPS) is 19.9. The number of nitrogens with zero attached hydrogens (tertiary/aromatic N) is 1. The minimum absolute atomic E-state index is 0.103. The Morgan fingerprint density at radius 2 is 1.84 bits per heavy atom. The predicted molar refractivity (Wildman–Crippen MR) is 92.9 cm³/mol. The Bertz CT molecular complexity index is 695. The number of hydroxylamine groups is 1. The average molecular weight is 370 g/mol. The highest BCUT2D eigenvalue weighted by atomic mass is 32.2. The molecule has 0 bridgehead atoms. The molecule has 0 aliphatic carbocycles. The van der Waals surface area contributed by atoms with E-state index in [1.54, 1.807) is 17.6 Å². The van der Waals surface area contributed by atoms with Crippen molar-refractivity contribution >= 4 is 15.9 Å². The Balaban J connectivity index is 2.30. The van der Waals surface area contributed by atoms with Gasteiger partial charge < -0.3 is 4.74 Å². The molecule has 0 aromatic heterocycles. The molecule has 0 radical (unpaired) electrons. The Kier molecular flexibility index (Phi) is 6.08. The second kappa shape index (κ2) is 7.72. The molecule has 1 atom stereocenters. The van der Waals surface area contributed by atoms with E-state index in [0.29, 0.717) is 18.6 Å². The molecule has 1 fully saturated rings. The van der Waals surface area contributed by atoms with Crippen LogP contribution in [0.25, 0.3) is 0 Å². The topological polar surface area (TPSA) is 95.9 Å². The van der Waals surface area contributed by atoms with Gasteiger partial charge in [-0.05, 0) is 57.9 Å². The van der Waals surface area contributed by atoms with Crippen LogP contribution in [0.15, 0.2) is 29.2 Å². The summed E-state index contributed by atoms with van der Waals surface area (Å²) < 4.78 is 32.9. The van der Waals surface area contributed by atoms with Gasteiger partial charge in [0, 0.05) is 6.54 Å². The molecule has 1 aromatic rings. The molecule has 1 aromatic carbocycles. The highest BCUT2D eigenvalue weighted by Gasteiger charge is 2.36. The van der Waals surface area contributed by atoms with E-state index in [9.17, 15) is 13.2 Å². The van der Waals surface area contributed by atoms with Crippen LogP contribution >= 0.6 is 0 Å². The lowest BCUT2D eigenvalue weighted by Crippen LogP contribution is -2.48. The van der Waals surface area contributed by atoms with Crippen molar-refractivity contribution in [3.05, 3.63) is 24.3 Å². The third-order valence-corrected chi connectivity index (χ3v) is 5.89. The number of hydrogen-bond donors (Lipinski definition) is 2. The highest BCUT2D eigenvalue weighted by Crippen LogP contribution is 2.27. The van der Waals surface area contributed by atoms with Crippen LogP contribution in [0.1, 0.15) is 46.5 Å². The summed E-state index contributed by atoms with van der Waals surface area (Å²) in [5.41, 5.74) is 1.21. The monoisotopic (exact) mass is 370 g/mol. The van der Waals surface area contributed by atoms with Crippen molar-refractivity contribution in [3.63, 3.8) is 0 Å². The van der Waals surface area contributed by atoms with Crippen molar-refractivity contribution in [2.75, 3.05) is 6.54 Å². The number of rotatable bonds is 4. The molecular formula is C17H26N2O5S. The minimum Gasteiger partial charge on any atom is -0.488 e. The minimum atomic E-state index is -3.84. The van der Waals surface area contributed by atoms with E-state index < -0.39 is 22.0 Å². The van der Waals surface area contributed by atoms with Gasteiger partial charge in [-0.25, -0.2) is 13.9 Å². The van der Waals surface area contributed by atoms with Gasteiger partial charge in [-0.15, -0.1) is 0 Å². The van der Waals surface area contributed by atoms with E-state index in [2.05, 4.69) is 0 Å². The standard InChI is InChI=1S/C17H26N2O5S/c1-17(2,3)24-13-8-10-14(11-9-13)25(22,23)19-12-6-4-5-7-15(19)16(20)18-21/h8-11,15,21H,4-7,12H2,1-3H3,(H,18,20)/t15-/m1/s1. The molecule has 140 valence electrons. The molecule has 0 saturated carbocycles. The lowest BCUT2D eigenvalue weighted by atomic mass is 10.1. The lowest BCUT2D eigenvalue weighted by molar-refractivity contribution is -0.133. The Hall–Kier alpha value is -1.64. The maximum atomic E-state index is 13.0. The van der Waals surface area contributed by atoms with E-state index in [-0.39, 0.29) is 17.0 Å². The van der Waals surface area contributed by atoms with Crippen molar-refractivity contribution in [2.24, 2.45) is 0 Å². The first kappa shape index (κ1) is 19.7. The number of benzene rings is 1. The van der Waals surface area contributed by atoms with Gasteiger partial charge in [0.05, 0.1) is 4.90 Å². The quantitative estimate of drug-likeness (QED) is 0.626. The van der Waals surface area contributed by atoms with Crippen molar-refractivity contribution in [2.45, 2.75) is 63.0 Å². The molecule has 7 nitrogen and oxygen atoms in total. The Morgan fingerprint density at radius 1 is 1.20 bits per heavy atom. The van der Waals surface area contributed by atoms with E-state index in [1.807, 2.05) is 20.8 Å². The zero-order chi connectivity index (χ0) is 18.7. The summed E-state index contributed by atoms with van der Waals surface area (Å²) >= 11 is 0. The van der Waals surface area contributed by atoms with Crippen molar-refractivity contribution in [1.29, 1.82) is 0 Å². The third kappa shape index (κ3) is 4.93. The molecule has 0 spiro atoms. The number of hydrogen-bond acceptors (Lipinski definition) is 5. The maximum Gasteiger partial charge on any atom is 0.261 e. The zero-order valence-electron chi connectivity index (χ0n) is 14.9. The number of carbonyl (C=O) groups is 1. The van der Waals surface area contributed by atoms with Gasteiger partial charge in [0.15, 0.2) is 0 Å². The molecule has 0 unspecified atom stereocenters. The first-order valence-corrected chi connectivity index (χ1v) is 9.84. The average Bonchev–Trinajstić information content (AvgIpc) is 2.79. The number of sulfonamides is 1. The van der Waals surface area contributed by atoms with Crippen LogP contribution < -0.4 is 10.2 Å². The van der Waals surface area contributed by atoms with Gasteiger partial charge in [0.2, 0.25) is 10.0 Å². The second-order valence-electron chi connectivity index (χ2n) is 7.14. The number of carbonyl (C=O) groups excluding carboxylic acids is 1. The summed E-state index contributed by atoms with van der Waals surface area (Å²) in [5, 5.41) is 8.94. The van der Waals surface area contributed by atoms with E-state index in [0.717, 1.165) is 12.8 Å². The molecule has 1 saturated heterocycles. The fraction of sp³-hybridized carbons (Fsp3) is 0.588. The fourth-order valence-corrected chi connectivity index (χ4v) is 4.53. The van der Waals surface area contributed by atoms with Crippen molar-refractivity contribution < 1.29 is 23.2 Å². The van der Waals surface area contributed by atoms with E-state index in [4.69, 9.17) is 9.94 Å². The third-order valence-electron chi connectivity index (χ3n) is 3.97. The fourth-order valence-electron chi connectivity index (χ4n) is 2.87. The van der Waals surface area contributed by atoms with Crippen LogP contribution in [-0.2, 0) is 14.8 Å². The number of ether oxygens (including phenoxy) is 1. The SMILES string of the molecule is CC(C)(C)Oc1ccc(S(=O)(=O)N2CCCCC[C@@H]2C(=O)NO)cc1. The van der Waals surface area contributed by atoms with Gasteiger partial charge in [0.25, 0.3) is 5.91 Å². The molecular weight excluding hydrogens is 344 g/mol. The maximum absolute atomic E-state index is 13.0. The van der Waals surface area contributed by atoms with Gasteiger partial charge in [-0.2, -0.15) is 4.31 Å². The molecule has 8 heteroatoms. The lowest BCUT2D eigenvalue weighted by Gasteiger charge is -2.27. The van der Waals surface area contributed by atoms with E-state index in [1.165, 1.54) is 16.4 Å². The van der Waals surface area contributed by atoms with Crippen molar-refractivity contribution in [1.82, 2.24) is 9.79 Å². The van der Waals surface area contributed by atoms with Gasteiger partial charge in [0.1, 0.15) is 17.4 Å². The number of nitrogens with one attached hydrogen (secondary N) is 1. The molecule has 1 aliphatic rings. The highest BCUT2D eigenvalue weighted by molar-refractivity contribution is 7.89. The van der Waals surface area contributed by atoms with Crippen LogP contribution in [0, 0.1) is 0 Å². The number of amides is 1. The molecule has 2 N–H and O–H groups in total. The largest absolute Gasteiger partial charge is 0.488 e. The zero-order valence-corrected chi connectivity index (χ0v) is 15.7. The van der Waals surface area contributed by atoms with Crippen LogP contribution in [0.3, 0.4) is 0 Å². The summed E-state index contributed by atoms with van der Waals surface area (Å²) in [4.78, 5) is 12.0. The van der Waals surface area contributed by atoms with Crippen LogP contribution in [0.4, 0.5) is 0 Å². The summed E-state index contributed by atoms with van der Waals surface area (Å²) in [6.07, 6.45) is 2.65. The van der Waals surface area contributed by atoms with Crippen LogP contribution in [-0.4, -0.2) is 42.0 Å². The molecule has 1 heterocycles. The molecule has 1 aliphatic heterocycles. The first-order chi connectivity index (χ1) is 11.6. The van der Waals surface area contributed by atoms with Gasteiger partial charge >= 0.3 is 0 Å². The van der Waals surface area contributed by atoms with Gasteiger partial charge in [-0.3, -0.25) is 10.0 Å².